The maximum atomic E-state index is 14.3. The molecule has 2 unspecified atom stereocenters. The highest BCUT2D eigenvalue weighted by molar-refractivity contribution is 7.91. The van der Waals surface area contributed by atoms with Gasteiger partial charge in [0.25, 0.3) is 0 Å². The number of sulfone groups is 1. The Labute approximate surface area is 168 Å². The van der Waals surface area contributed by atoms with Gasteiger partial charge in [0.1, 0.15) is 5.82 Å². The second-order valence-electron chi connectivity index (χ2n) is 7.21. The Morgan fingerprint density at radius 2 is 1.79 bits per heavy atom. The van der Waals surface area contributed by atoms with E-state index in [-0.39, 0.29) is 34.7 Å². The molecule has 2 atom stereocenters. The summed E-state index contributed by atoms with van der Waals surface area (Å²) in [6.07, 6.45) is 0.868. The number of nitrogens with zero attached hydrogens (tertiary/aromatic N) is 2. The van der Waals surface area contributed by atoms with Crippen LogP contribution in [-0.2, 0) is 22.8 Å². The largest absolute Gasteiger partial charge is 0.325 e. The highest BCUT2D eigenvalue weighted by Gasteiger charge is 2.54. The number of urea groups is 1. The van der Waals surface area contributed by atoms with Crippen LogP contribution in [0.4, 0.5) is 14.9 Å². The molecule has 2 aromatic carbocycles. The summed E-state index contributed by atoms with van der Waals surface area (Å²) >= 11 is 6.13. The van der Waals surface area contributed by atoms with Crippen LogP contribution in [0.3, 0.4) is 0 Å². The van der Waals surface area contributed by atoms with E-state index in [1.165, 1.54) is 21.9 Å². The van der Waals surface area contributed by atoms with Crippen molar-refractivity contribution >= 4 is 33.2 Å². The molecule has 0 N–H and O–H groups in total. The molecule has 2 heterocycles. The first-order valence-electron chi connectivity index (χ1n) is 9.13. The lowest BCUT2D eigenvalue weighted by Gasteiger charge is -2.23. The molecule has 2 aliphatic rings. The molecule has 28 heavy (non-hydrogen) atoms. The lowest BCUT2D eigenvalue weighted by Crippen LogP contribution is -2.37. The predicted molar refractivity (Wildman–Crippen MR) is 107 cm³/mol. The molecule has 4 rings (SSSR count). The van der Waals surface area contributed by atoms with Crippen molar-refractivity contribution in [1.29, 1.82) is 0 Å². The van der Waals surface area contributed by atoms with Crippen molar-refractivity contribution in [3.05, 3.63) is 64.4 Å². The van der Waals surface area contributed by atoms with Gasteiger partial charge in [0.15, 0.2) is 9.84 Å². The summed E-state index contributed by atoms with van der Waals surface area (Å²) in [5.74, 6) is -0.733. The second-order valence-corrected chi connectivity index (χ2v) is 9.77. The first-order valence-corrected chi connectivity index (χ1v) is 11.3. The number of carbonyl (C=O) groups is 1. The fraction of sp³-hybridized carbons (Fsp3) is 0.350. The number of benzene rings is 2. The van der Waals surface area contributed by atoms with Crippen molar-refractivity contribution in [2.45, 2.75) is 32.0 Å². The average molecular weight is 423 g/mol. The fourth-order valence-electron chi connectivity index (χ4n) is 4.01. The summed E-state index contributed by atoms with van der Waals surface area (Å²) in [4.78, 5) is 16.2. The number of aryl methyl sites for hydroxylation is 1. The van der Waals surface area contributed by atoms with Crippen molar-refractivity contribution in [2.24, 2.45) is 0 Å². The van der Waals surface area contributed by atoms with Crippen molar-refractivity contribution < 1.29 is 17.6 Å². The molecule has 2 aliphatic heterocycles. The Kier molecular flexibility index (Phi) is 4.83. The van der Waals surface area contributed by atoms with Gasteiger partial charge in [-0.15, -0.1) is 0 Å². The standard InChI is InChI=1S/C20H20ClFN2O3S/c1-2-13-6-8-14(9-7-13)24-19-12-28(26,27)11-18(19)23(20(24)25)10-15-16(21)4-3-5-17(15)22/h3-9,18-19H,2,10-12H2,1H3. The molecule has 0 bridgehead atoms. The molecule has 2 fully saturated rings. The second kappa shape index (κ2) is 7.04. The van der Waals surface area contributed by atoms with Crippen molar-refractivity contribution in [3.8, 4) is 0 Å². The number of carbonyl (C=O) groups excluding carboxylic acids is 1. The number of hydrogen-bond acceptors (Lipinski definition) is 3. The number of rotatable bonds is 4. The lowest BCUT2D eigenvalue weighted by molar-refractivity contribution is 0.205. The van der Waals surface area contributed by atoms with Crippen LogP contribution in [0, 0.1) is 5.82 Å². The number of amides is 2. The van der Waals surface area contributed by atoms with Gasteiger partial charge in [0.2, 0.25) is 0 Å². The van der Waals surface area contributed by atoms with Crippen LogP contribution in [0.1, 0.15) is 18.1 Å². The quantitative estimate of drug-likeness (QED) is 0.707. The van der Waals surface area contributed by atoms with Crippen LogP contribution < -0.4 is 4.90 Å². The zero-order chi connectivity index (χ0) is 20.1. The summed E-state index contributed by atoms with van der Waals surface area (Å²) in [5.41, 5.74) is 1.97. The minimum atomic E-state index is -3.29. The Bertz CT molecular complexity index is 1010. The summed E-state index contributed by atoms with van der Waals surface area (Å²) in [6.45, 7) is 1.97. The third kappa shape index (κ3) is 3.26. The Balaban J connectivity index is 1.72. The number of fused-ring (bicyclic) bond motifs is 1. The molecule has 0 aromatic heterocycles. The van der Waals surface area contributed by atoms with Crippen LogP contribution in [0.5, 0.6) is 0 Å². The van der Waals surface area contributed by atoms with E-state index in [1.54, 1.807) is 6.07 Å². The van der Waals surface area contributed by atoms with Gasteiger partial charge in [0, 0.05) is 16.3 Å². The molecule has 148 valence electrons. The fourth-order valence-corrected chi connectivity index (χ4v) is 6.18. The van der Waals surface area contributed by atoms with Gasteiger partial charge in [-0.1, -0.05) is 36.7 Å². The van der Waals surface area contributed by atoms with Crippen molar-refractivity contribution in [3.63, 3.8) is 0 Å². The Morgan fingerprint density at radius 1 is 1.11 bits per heavy atom. The summed E-state index contributed by atoms with van der Waals surface area (Å²) in [5, 5.41) is 0.218. The van der Waals surface area contributed by atoms with E-state index < -0.39 is 27.7 Å². The van der Waals surface area contributed by atoms with Gasteiger partial charge < -0.3 is 4.90 Å². The van der Waals surface area contributed by atoms with E-state index in [1.807, 2.05) is 31.2 Å². The van der Waals surface area contributed by atoms with Gasteiger partial charge in [-0.05, 0) is 36.2 Å². The summed E-state index contributed by atoms with van der Waals surface area (Å²) < 4.78 is 38.9. The molecule has 0 radical (unpaired) electrons. The van der Waals surface area contributed by atoms with Gasteiger partial charge in [0.05, 0.1) is 30.1 Å². The zero-order valence-corrected chi connectivity index (χ0v) is 16.9. The van der Waals surface area contributed by atoms with Crippen molar-refractivity contribution in [2.75, 3.05) is 16.4 Å². The van der Waals surface area contributed by atoms with Crippen LogP contribution >= 0.6 is 11.6 Å². The van der Waals surface area contributed by atoms with E-state index in [4.69, 9.17) is 11.6 Å². The highest BCUT2D eigenvalue weighted by Crippen LogP contribution is 2.37. The maximum Gasteiger partial charge on any atom is 0.325 e. The molecule has 2 aromatic rings. The Morgan fingerprint density at radius 3 is 2.43 bits per heavy atom. The van der Waals surface area contributed by atoms with E-state index >= 15 is 0 Å². The normalized spacial score (nSPS) is 23.3. The van der Waals surface area contributed by atoms with E-state index in [0.29, 0.717) is 5.69 Å². The first kappa shape index (κ1) is 19.2. The van der Waals surface area contributed by atoms with Crippen molar-refractivity contribution in [1.82, 2.24) is 4.90 Å². The van der Waals surface area contributed by atoms with E-state index in [2.05, 4.69) is 0 Å². The highest BCUT2D eigenvalue weighted by atomic mass is 35.5. The number of anilines is 1. The van der Waals surface area contributed by atoms with Gasteiger partial charge in [-0.3, -0.25) is 4.90 Å². The zero-order valence-electron chi connectivity index (χ0n) is 15.3. The molecule has 8 heteroatoms. The maximum absolute atomic E-state index is 14.3. The molecule has 0 aliphatic carbocycles. The lowest BCUT2D eigenvalue weighted by atomic mass is 10.1. The van der Waals surface area contributed by atoms with Gasteiger partial charge in [-0.2, -0.15) is 0 Å². The number of halogens is 2. The number of hydrogen-bond donors (Lipinski definition) is 0. The molecular weight excluding hydrogens is 403 g/mol. The van der Waals surface area contributed by atoms with Crippen LogP contribution in [0.25, 0.3) is 0 Å². The monoisotopic (exact) mass is 422 g/mol. The van der Waals surface area contributed by atoms with E-state index in [0.717, 1.165) is 12.0 Å². The van der Waals surface area contributed by atoms with Gasteiger partial charge in [-0.25, -0.2) is 17.6 Å². The summed E-state index contributed by atoms with van der Waals surface area (Å²) in [7, 11) is -3.29. The van der Waals surface area contributed by atoms with Crippen LogP contribution in [-0.4, -0.2) is 42.9 Å². The average Bonchev–Trinajstić information content (AvgIpc) is 3.08. The molecule has 0 saturated carbocycles. The minimum absolute atomic E-state index is 0.0649. The SMILES string of the molecule is CCc1ccc(N2C(=O)N(Cc3c(F)cccc3Cl)C3CS(=O)(=O)CC32)cc1. The topological polar surface area (TPSA) is 57.7 Å². The Hall–Kier alpha value is -2.12. The smallest absolute Gasteiger partial charge is 0.314 e. The summed E-state index contributed by atoms with van der Waals surface area (Å²) in [6, 6.07) is 10.5. The van der Waals surface area contributed by atoms with E-state index in [9.17, 15) is 17.6 Å². The van der Waals surface area contributed by atoms with Gasteiger partial charge >= 0.3 is 6.03 Å². The minimum Gasteiger partial charge on any atom is -0.314 e. The third-order valence-corrected chi connectivity index (χ3v) is 7.54. The molecule has 0 spiro atoms. The third-order valence-electron chi connectivity index (χ3n) is 5.49. The molecular formula is C20H20ClFN2O3S. The van der Waals surface area contributed by atoms with Crippen LogP contribution in [0.2, 0.25) is 5.02 Å². The molecule has 5 nitrogen and oxygen atoms in total. The van der Waals surface area contributed by atoms with Crippen LogP contribution in [0.15, 0.2) is 42.5 Å². The first-order chi connectivity index (χ1) is 13.3. The molecule has 2 amide bonds. The molecule has 2 saturated heterocycles. The predicted octanol–water partition coefficient (Wildman–Crippen LogP) is 3.65.